The minimum Gasteiger partial charge on any atom is -0.368 e. The number of rotatable bonds is 9. The van der Waals surface area contributed by atoms with Crippen LogP contribution in [-0.2, 0) is 11.2 Å². The van der Waals surface area contributed by atoms with Crippen LogP contribution in [0.15, 0.2) is 97.6 Å². The smallest absolute Gasteiger partial charge is 0.220 e. The topological polar surface area (TPSA) is 92.7 Å². The van der Waals surface area contributed by atoms with Crippen molar-refractivity contribution in [2.24, 2.45) is 0 Å². The number of hydrogen-bond donors (Lipinski definition) is 2. The number of hydrogen-bond acceptors (Lipinski definition) is 6. The van der Waals surface area contributed by atoms with Crippen LogP contribution in [-0.4, -0.2) is 38.9 Å². The molecule has 0 aliphatic carbocycles. The van der Waals surface area contributed by atoms with Gasteiger partial charge in [-0.25, -0.2) is 19.9 Å². The van der Waals surface area contributed by atoms with Gasteiger partial charge >= 0.3 is 0 Å². The molecule has 2 N–H and O–H groups in total. The highest BCUT2D eigenvalue weighted by atomic mass is 16.1. The summed E-state index contributed by atoms with van der Waals surface area (Å²) < 4.78 is 0. The van der Waals surface area contributed by atoms with Crippen LogP contribution in [0.5, 0.6) is 0 Å². The molecule has 0 bridgehead atoms. The zero-order valence-electron chi connectivity index (χ0n) is 19.8. The third-order valence-corrected chi connectivity index (χ3v) is 5.85. The van der Waals surface area contributed by atoms with E-state index in [1.165, 1.54) is 6.33 Å². The Bertz CT molecular complexity index is 1440. The van der Waals surface area contributed by atoms with Crippen LogP contribution in [0.4, 0.5) is 5.82 Å². The second-order valence-electron chi connectivity index (χ2n) is 8.35. The molecule has 0 unspecified atom stereocenters. The number of carbonyl (C=O) groups is 1. The molecule has 0 saturated heterocycles. The van der Waals surface area contributed by atoms with Crippen molar-refractivity contribution in [1.82, 2.24) is 25.3 Å². The Balaban J connectivity index is 1.36. The van der Waals surface area contributed by atoms with E-state index in [0.717, 1.165) is 39.6 Å². The van der Waals surface area contributed by atoms with Gasteiger partial charge in [-0.15, -0.1) is 0 Å². The van der Waals surface area contributed by atoms with E-state index in [0.29, 0.717) is 31.2 Å². The molecule has 7 heteroatoms. The highest BCUT2D eigenvalue weighted by molar-refractivity contribution is 6.02. The molecule has 0 aliphatic heterocycles. The van der Waals surface area contributed by atoms with Crippen LogP contribution in [0, 0.1) is 0 Å². The first-order valence-corrected chi connectivity index (χ1v) is 11.9. The van der Waals surface area contributed by atoms with Gasteiger partial charge in [0.2, 0.25) is 5.91 Å². The number of nitrogens with zero attached hydrogens (tertiary/aromatic N) is 4. The summed E-state index contributed by atoms with van der Waals surface area (Å²) in [5, 5.41) is 7.36. The Hall–Kier alpha value is -4.65. The molecule has 2 aromatic heterocycles. The number of nitrogens with one attached hydrogen (secondary N) is 2. The van der Waals surface area contributed by atoms with E-state index in [1.54, 1.807) is 12.4 Å². The molecular formula is C29H26N6O. The molecule has 0 atom stereocenters. The normalized spacial score (nSPS) is 10.8. The maximum atomic E-state index is 12.3. The van der Waals surface area contributed by atoms with Crippen LogP contribution in [0.25, 0.3) is 33.4 Å². The highest BCUT2D eigenvalue weighted by Crippen LogP contribution is 2.33. The standard InChI is InChI=1S/C29H26N6O/c36-26(15-14-21-8-3-1-4-9-21)32-16-17-33-29-27-24(22-10-5-2-6-11-22)12-7-13-25(27)34-28(35-29)23-18-30-20-31-19-23/h1-13,18-20H,14-17H2,(H,32,36)(H,33,34,35). The number of carbonyl (C=O) groups excluding carboxylic acids is 1. The highest BCUT2D eigenvalue weighted by Gasteiger charge is 2.14. The number of amides is 1. The molecule has 2 heterocycles. The lowest BCUT2D eigenvalue weighted by atomic mass is 10.0. The Morgan fingerprint density at radius 3 is 2.28 bits per heavy atom. The molecule has 0 radical (unpaired) electrons. The first kappa shape index (κ1) is 23.1. The maximum absolute atomic E-state index is 12.3. The van der Waals surface area contributed by atoms with Crippen molar-refractivity contribution in [2.45, 2.75) is 12.8 Å². The second kappa shape index (κ2) is 11.2. The molecule has 5 rings (SSSR count). The average Bonchev–Trinajstić information content (AvgIpc) is 2.95. The SMILES string of the molecule is O=C(CCc1ccccc1)NCCNc1nc(-c2cncnc2)nc2cccc(-c3ccccc3)c12. The summed E-state index contributed by atoms with van der Waals surface area (Å²) in [6, 6.07) is 26.3. The molecule has 0 aliphatic rings. The lowest BCUT2D eigenvalue weighted by molar-refractivity contribution is -0.120. The van der Waals surface area contributed by atoms with E-state index < -0.39 is 0 Å². The summed E-state index contributed by atoms with van der Waals surface area (Å²) in [6.07, 6.45) is 6.06. The minimum atomic E-state index is 0.0281. The van der Waals surface area contributed by atoms with Crippen molar-refractivity contribution >= 4 is 22.6 Å². The van der Waals surface area contributed by atoms with Gasteiger partial charge in [-0.05, 0) is 29.2 Å². The summed E-state index contributed by atoms with van der Waals surface area (Å²) in [5.74, 6) is 1.28. The second-order valence-corrected chi connectivity index (χ2v) is 8.35. The van der Waals surface area contributed by atoms with E-state index in [-0.39, 0.29) is 5.91 Å². The van der Waals surface area contributed by atoms with Crippen molar-refractivity contribution in [3.8, 4) is 22.5 Å². The number of aromatic nitrogens is 4. The Morgan fingerprint density at radius 1 is 0.750 bits per heavy atom. The van der Waals surface area contributed by atoms with Gasteiger partial charge in [0.1, 0.15) is 12.1 Å². The van der Waals surface area contributed by atoms with Gasteiger partial charge < -0.3 is 10.6 Å². The van der Waals surface area contributed by atoms with Crippen LogP contribution in [0.1, 0.15) is 12.0 Å². The number of anilines is 1. The van der Waals surface area contributed by atoms with Gasteiger partial charge in [0.05, 0.1) is 16.5 Å². The molecule has 0 fully saturated rings. The molecule has 5 aromatic rings. The third-order valence-electron chi connectivity index (χ3n) is 5.85. The molecule has 1 amide bonds. The monoisotopic (exact) mass is 474 g/mol. The molecule has 0 saturated carbocycles. The van der Waals surface area contributed by atoms with Crippen LogP contribution in [0.2, 0.25) is 0 Å². The molecule has 0 spiro atoms. The lowest BCUT2D eigenvalue weighted by Gasteiger charge is -2.14. The van der Waals surface area contributed by atoms with Gasteiger partial charge in [0.15, 0.2) is 5.82 Å². The predicted octanol–water partition coefficient (Wildman–Crippen LogP) is 4.91. The van der Waals surface area contributed by atoms with E-state index in [4.69, 9.17) is 9.97 Å². The van der Waals surface area contributed by atoms with Crippen molar-refractivity contribution < 1.29 is 4.79 Å². The quantitative estimate of drug-likeness (QED) is 0.295. The Kier molecular flexibility index (Phi) is 7.18. The summed E-state index contributed by atoms with van der Waals surface area (Å²) >= 11 is 0. The van der Waals surface area contributed by atoms with E-state index in [9.17, 15) is 4.79 Å². The maximum Gasteiger partial charge on any atom is 0.220 e. The summed E-state index contributed by atoms with van der Waals surface area (Å²) in [4.78, 5) is 30.2. The summed E-state index contributed by atoms with van der Waals surface area (Å²) in [6.45, 7) is 1.01. The first-order valence-electron chi connectivity index (χ1n) is 11.9. The predicted molar refractivity (Wildman–Crippen MR) is 142 cm³/mol. The van der Waals surface area contributed by atoms with E-state index in [2.05, 4.69) is 38.8 Å². The van der Waals surface area contributed by atoms with Crippen LogP contribution < -0.4 is 10.6 Å². The van der Waals surface area contributed by atoms with Gasteiger partial charge in [-0.1, -0.05) is 72.8 Å². The number of fused-ring (bicyclic) bond motifs is 1. The lowest BCUT2D eigenvalue weighted by Crippen LogP contribution is -2.29. The fourth-order valence-corrected chi connectivity index (χ4v) is 4.09. The third kappa shape index (κ3) is 5.52. The van der Waals surface area contributed by atoms with Gasteiger partial charge in [-0.2, -0.15) is 0 Å². The van der Waals surface area contributed by atoms with Gasteiger partial charge in [0, 0.05) is 31.9 Å². The summed E-state index contributed by atoms with van der Waals surface area (Å²) in [7, 11) is 0. The minimum absolute atomic E-state index is 0.0281. The molecule has 36 heavy (non-hydrogen) atoms. The zero-order valence-corrected chi connectivity index (χ0v) is 19.8. The Labute approximate surface area is 209 Å². The molecule has 178 valence electrons. The molecule has 7 nitrogen and oxygen atoms in total. The number of benzene rings is 3. The van der Waals surface area contributed by atoms with E-state index in [1.807, 2.05) is 60.7 Å². The van der Waals surface area contributed by atoms with Crippen LogP contribution >= 0.6 is 0 Å². The van der Waals surface area contributed by atoms with Crippen molar-refractivity contribution in [3.05, 3.63) is 103 Å². The zero-order chi connectivity index (χ0) is 24.6. The summed E-state index contributed by atoms with van der Waals surface area (Å²) in [5.41, 5.74) is 4.84. The molecular weight excluding hydrogens is 448 g/mol. The number of aryl methyl sites for hydroxylation is 1. The van der Waals surface area contributed by atoms with Gasteiger partial charge in [-0.3, -0.25) is 4.79 Å². The van der Waals surface area contributed by atoms with Crippen molar-refractivity contribution in [1.29, 1.82) is 0 Å². The fraction of sp³-hybridized carbons (Fsp3) is 0.138. The first-order chi connectivity index (χ1) is 17.8. The Morgan fingerprint density at radius 2 is 1.50 bits per heavy atom. The fourth-order valence-electron chi connectivity index (χ4n) is 4.09. The molecule has 3 aromatic carbocycles. The average molecular weight is 475 g/mol. The van der Waals surface area contributed by atoms with Crippen LogP contribution in [0.3, 0.4) is 0 Å². The van der Waals surface area contributed by atoms with Crippen molar-refractivity contribution in [2.75, 3.05) is 18.4 Å². The van der Waals surface area contributed by atoms with Crippen molar-refractivity contribution in [3.63, 3.8) is 0 Å². The van der Waals surface area contributed by atoms with E-state index >= 15 is 0 Å². The van der Waals surface area contributed by atoms with Gasteiger partial charge in [0.25, 0.3) is 0 Å². The largest absolute Gasteiger partial charge is 0.368 e.